The number of hydrogen-bond donors (Lipinski definition) is 1. The van der Waals surface area contributed by atoms with Crippen LogP contribution in [-0.4, -0.2) is 53.5 Å². The van der Waals surface area contributed by atoms with Crippen LogP contribution in [0.3, 0.4) is 0 Å². The van der Waals surface area contributed by atoms with Crippen LogP contribution >= 0.6 is 0 Å². The van der Waals surface area contributed by atoms with Crippen molar-refractivity contribution in [3.05, 3.63) is 23.9 Å². The fourth-order valence-electron chi connectivity index (χ4n) is 3.95. The van der Waals surface area contributed by atoms with Crippen LogP contribution in [0.4, 0.5) is 0 Å². The maximum atomic E-state index is 6.39. The molecule has 1 aromatic carbocycles. The molecular weight excluding hydrogens is 290 g/mol. The number of nitrogens with one attached hydrogen (secondary N) is 1. The summed E-state index contributed by atoms with van der Waals surface area (Å²) in [4.78, 5) is 2.59. The highest BCUT2D eigenvalue weighted by molar-refractivity contribution is 5.83. The van der Waals surface area contributed by atoms with Gasteiger partial charge in [-0.3, -0.25) is 10.00 Å². The lowest BCUT2D eigenvalue weighted by Crippen LogP contribution is -2.47. The average Bonchev–Trinajstić information content (AvgIpc) is 3.08. The molecule has 1 aliphatic carbocycles. The summed E-state index contributed by atoms with van der Waals surface area (Å²) >= 11 is 0. The van der Waals surface area contributed by atoms with E-state index in [1.54, 1.807) is 0 Å². The van der Waals surface area contributed by atoms with E-state index in [1.165, 1.54) is 18.4 Å². The summed E-state index contributed by atoms with van der Waals surface area (Å²) in [6.07, 6.45) is 7.03. The first-order valence-electron chi connectivity index (χ1n) is 8.72. The Balaban J connectivity index is 1.45. The van der Waals surface area contributed by atoms with Crippen molar-refractivity contribution in [3.8, 4) is 5.75 Å². The largest absolute Gasteiger partial charge is 0.490 e. The van der Waals surface area contributed by atoms with E-state index in [2.05, 4.69) is 34.2 Å². The number of ether oxygens (including phenoxy) is 2. The molecule has 124 valence electrons. The van der Waals surface area contributed by atoms with Gasteiger partial charge >= 0.3 is 0 Å². The van der Waals surface area contributed by atoms with E-state index < -0.39 is 0 Å². The minimum absolute atomic E-state index is 0.319. The highest BCUT2D eigenvalue weighted by atomic mass is 16.5. The Hall–Kier alpha value is -1.59. The number of benzene rings is 1. The number of aromatic amines is 1. The second kappa shape index (κ2) is 6.49. The van der Waals surface area contributed by atoms with E-state index in [0.29, 0.717) is 12.1 Å². The Labute approximate surface area is 136 Å². The molecular formula is C18H25N3O2. The van der Waals surface area contributed by atoms with E-state index in [1.807, 2.05) is 6.20 Å². The lowest BCUT2D eigenvalue weighted by molar-refractivity contribution is -0.00602. The van der Waals surface area contributed by atoms with Crippen LogP contribution in [0.15, 0.2) is 18.3 Å². The van der Waals surface area contributed by atoms with Crippen molar-refractivity contribution < 1.29 is 9.47 Å². The van der Waals surface area contributed by atoms with Gasteiger partial charge in [-0.25, -0.2) is 0 Å². The molecule has 1 N–H and O–H groups in total. The third-order valence-corrected chi connectivity index (χ3v) is 5.30. The molecule has 2 aliphatic rings. The molecule has 0 amide bonds. The van der Waals surface area contributed by atoms with E-state index in [0.717, 1.165) is 55.8 Å². The Morgan fingerprint density at radius 1 is 1.26 bits per heavy atom. The maximum absolute atomic E-state index is 6.39. The van der Waals surface area contributed by atoms with Crippen molar-refractivity contribution in [1.82, 2.24) is 15.1 Å². The second-order valence-electron chi connectivity index (χ2n) is 6.73. The summed E-state index contributed by atoms with van der Waals surface area (Å²) < 4.78 is 11.9. The average molecular weight is 315 g/mol. The molecule has 2 atom stereocenters. The summed E-state index contributed by atoms with van der Waals surface area (Å²) in [6, 6.07) is 4.79. The number of nitrogens with zero attached hydrogens (tertiary/aromatic N) is 2. The zero-order chi connectivity index (χ0) is 15.6. The number of fused-ring (bicyclic) bond motifs is 1. The number of aromatic nitrogens is 2. The monoisotopic (exact) mass is 315 g/mol. The van der Waals surface area contributed by atoms with Crippen LogP contribution in [0.25, 0.3) is 10.9 Å². The Bertz CT molecular complexity index is 663. The molecule has 2 fully saturated rings. The van der Waals surface area contributed by atoms with Gasteiger partial charge in [0, 0.05) is 30.1 Å². The highest BCUT2D eigenvalue weighted by Gasteiger charge is 2.29. The molecule has 1 aliphatic heterocycles. The standard InChI is InChI=1S/C18H25N3O2/c1-13-16-12-19-20-17(16)5-6-18(13)23-15-4-2-3-14(11-15)21-7-9-22-10-8-21/h5-6,12,14-15H,2-4,7-11H2,1H3,(H,19,20)/t14-,15+/m1/s1. The van der Waals surface area contributed by atoms with E-state index in [4.69, 9.17) is 9.47 Å². The van der Waals surface area contributed by atoms with Gasteiger partial charge < -0.3 is 9.47 Å². The van der Waals surface area contributed by atoms with Gasteiger partial charge in [-0.1, -0.05) is 0 Å². The van der Waals surface area contributed by atoms with Gasteiger partial charge in [0.25, 0.3) is 0 Å². The summed E-state index contributed by atoms with van der Waals surface area (Å²) in [5.74, 6) is 1.01. The van der Waals surface area contributed by atoms with Crippen molar-refractivity contribution in [2.24, 2.45) is 0 Å². The van der Waals surface area contributed by atoms with E-state index in [9.17, 15) is 0 Å². The van der Waals surface area contributed by atoms with Crippen LogP contribution in [0, 0.1) is 6.92 Å². The molecule has 4 rings (SSSR count). The summed E-state index contributed by atoms with van der Waals surface area (Å²) in [7, 11) is 0. The highest BCUT2D eigenvalue weighted by Crippen LogP contribution is 2.31. The van der Waals surface area contributed by atoms with Gasteiger partial charge in [0.15, 0.2) is 0 Å². The fraction of sp³-hybridized carbons (Fsp3) is 0.611. The minimum Gasteiger partial charge on any atom is -0.490 e. The fourth-order valence-corrected chi connectivity index (χ4v) is 3.95. The van der Waals surface area contributed by atoms with Gasteiger partial charge in [0.1, 0.15) is 11.9 Å². The van der Waals surface area contributed by atoms with Crippen LogP contribution in [0.2, 0.25) is 0 Å². The van der Waals surface area contributed by atoms with Gasteiger partial charge in [-0.2, -0.15) is 5.10 Å². The molecule has 5 nitrogen and oxygen atoms in total. The van der Waals surface area contributed by atoms with Crippen molar-refractivity contribution in [1.29, 1.82) is 0 Å². The zero-order valence-corrected chi connectivity index (χ0v) is 13.8. The maximum Gasteiger partial charge on any atom is 0.123 e. The number of rotatable bonds is 3. The molecule has 0 radical (unpaired) electrons. The van der Waals surface area contributed by atoms with Crippen molar-refractivity contribution in [2.75, 3.05) is 26.3 Å². The van der Waals surface area contributed by atoms with Crippen LogP contribution in [0.1, 0.15) is 31.2 Å². The van der Waals surface area contributed by atoms with Gasteiger partial charge in [-0.15, -0.1) is 0 Å². The molecule has 1 saturated carbocycles. The number of hydrogen-bond acceptors (Lipinski definition) is 4. The zero-order valence-electron chi connectivity index (χ0n) is 13.8. The first-order valence-corrected chi connectivity index (χ1v) is 8.72. The Morgan fingerprint density at radius 2 is 2.13 bits per heavy atom. The Kier molecular flexibility index (Phi) is 4.23. The number of aryl methyl sites for hydroxylation is 1. The van der Waals surface area contributed by atoms with Crippen molar-refractivity contribution in [3.63, 3.8) is 0 Å². The van der Waals surface area contributed by atoms with Gasteiger partial charge in [0.2, 0.25) is 0 Å². The first-order chi connectivity index (χ1) is 11.3. The van der Waals surface area contributed by atoms with E-state index >= 15 is 0 Å². The first kappa shape index (κ1) is 15.0. The van der Waals surface area contributed by atoms with Gasteiger partial charge in [0.05, 0.1) is 24.9 Å². The summed E-state index contributed by atoms with van der Waals surface area (Å²) in [5, 5.41) is 8.30. The van der Waals surface area contributed by atoms with Crippen LogP contribution < -0.4 is 4.74 Å². The number of H-pyrrole nitrogens is 1. The van der Waals surface area contributed by atoms with E-state index in [-0.39, 0.29) is 0 Å². The third-order valence-electron chi connectivity index (χ3n) is 5.30. The van der Waals surface area contributed by atoms with Crippen molar-refractivity contribution >= 4 is 10.9 Å². The predicted octanol–water partition coefficient (Wildman–Crippen LogP) is 2.89. The second-order valence-corrected chi connectivity index (χ2v) is 6.73. The molecule has 0 spiro atoms. The quantitative estimate of drug-likeness (QED) is 0.946. The third kappa shape index (κ3) is 3.08. The Morgan fingerprint density at radius 3 is 3.00 bits per heavy atom. The smallest absolute Gasteiger partial charge is 0.123 e. The molecule has 2 heterocycles. The van der Waals surface area contributed by atoms with Gasteiger partial charge in [-0.05, 0) is 44.7 Å². The van der Waals surface area contributed by atoms with Crippen LogP contribution in [0.5, 0.6) is 5.75 Å². The lowest BCUT2D eigenvalue weighted by Gasteiger charge is -2.39. The number of morpholine rings is 1. The molecule has 0 bridgehead atoms. The summed E-state index contributed by atoms with van der Waals surface area (Å²) in [6.45, 7) is 6.00. The van der Waals surface area contributed by atoms with Crippen LogP contribution in [-0.2, 0) is 4.74 Å². The normalized spacial score (nSPS) is 26.5. The predicted molar refractivity (Wildman–Crippen MR) is 89.9 cm³/mol. The lowest BCUT2D eigenvalue weighted by atomic mass is 9.91. The topological polar surface area (TPSA) is 50.4 Å². The SMILES string of the molecule is Cc1c(O[C@H]2CCC[C@@H](N3CCOCC3)C2)ccc2[nH]ncc12. The molecule has 1 aromatic heterocycles. The molecule has 0 unspecified atom stereocenters. The molecule has 1 saturated heterocycles. The molecule has 5 heteroatoms. The van der Waals surface area contributed by atoms with Crippen molar-refractivity contribution in [2.45, 2.75) is 44.8 Å². The molecule has 23 heavy (non-hydrogen) atoms. The summed E-state index contributed by atoms with van der Waals surface area (Å²) in [5.41, 5.74) is 2.26. The molecule has 2 aromatic rings. The minimum atomic E-state index is 0.319.